The number of hydrogen-bond donors (Lipinski definition) is 2. The van der Waals surface area contributed by atoms with Gasteiger partial charge in [0.25, 0.3) is 0 Å². The molecule has 1 aromatic heterocycles. The van der Waals surface area contributed by atoms with Gasteiger partial charge in [0.1, 0.15) is 0 Å². The van der Waals surface area contributed by atoms with E-state index in [1.54, 1.807) is 6.20 Å². The molecule has 0 bridgehead atoms. The maximum atomic E-state index is 5.97. The van der Waals surface area contributed by atoms with Crippen molar-refractivity contribution >= 4 is 35.6 Å². The van der Waals surface area contributed by atoms with Gasteiger partial charge in [0.15, 0.2) is 5.96 Å². The Morgan fingerprint density at radius 3 is 2.64 bits per heavy atom. The summed E-state index contributed by atoms with van der Waals surface area (Å²) in [6, 6.07) is 12.0. The van der Waals surface area contributed by atoms with E-state index in [4.69, 9.17) is 10.5 Å². The first-order chi connectivity index (χ1) is 11.7. The summed E-state index contributed by atoms with van der Waals surface area (Å²) in [6.07, 6.45) is 4.85. The number of pyridine rings is 1. The zero-order chi connectivity index (χ0) is 17.2. The van der Waals surface area contributed by atoms with E-state index in [1.807, 2.05) is 24.3 Å². The standard InChI is InChI=1S/C19H26N4O.HI/c1-3-5-13-24-18-16(7-6-12-21-18)14-22-19(20)23-17-10-8-15(4-2)9-11-17;/h6-12H,3-5,13-14H2,1-2H3,(H3,20,22,23);1H. The number of halogens is 1. The Morgan fingerprint density at radius 1 is 1.20 bits per heavy atom. The van der Waals surface area contributed by atoms with Crippen molar-refractivity contribution in [2.75, 3.05) is 11.9 Å². The molecule has 1 heterocycles. The van der Waals surface area contributed by atoms with Crippen LogP contribution in [0.2, 0.25) is 0 Å². The minimum Gasteiger partial charge on any atom is -0.477 e. The van der Waals surface area contributed by atoms with E-state index in [2.05, 4.69) is 41.3 Å². The van der Waals surface area contributed by atoms with Crippen LogP contribution in [0.4, 0.5) is 5.69 Å². The summed E-state index contributed by atoms with van der Waals surface area (Å²) in [5.41, 5.74) is 9.13. The molecule has 0 atom stereocenters. The van der Waals surface area contributed by atoms with Crippen LogP contribution in [0.25, 0.3) is 0 Å². The van der Waals surface area contributed by atoms with Crippen LogP contribution in [0.1, 0.15) is 37.8 Å². The van der Waals surface area contributed by atoms with Crippen molar-refractivity contribution in [3.63, 3.8) is 0 Å². The van der Waals surface area contributed by atoms with E-state index in [1.165, 1.54) is 5.56 Å². The van der Waals surface area contributed by atoms with Crippen molar-refractivity contribution in [3.8, 4) is 5.88 Å². The number of hydrogen-bond acceptors (Lipinski definition) is 3. The summed E-state index contributed by atoms with van der Waals surface area (Å²) in [7, 11) is 0. The molecule has 0 aliphatic heterocycles. The molecule has 1 aromatic carbocycles. The van der Waals surface area contributed by atoms with Crippen molar-refractivity contribution in [3.05, 3.63) is 53.7 Å². The second-order valence-electron chi connectivity index (χ2n) is 5.55. The minimum absolute atomic E-state index is 0. The fourth-order valence-electron chi connectivity index (χ4n) is 2.17. The van der Waals surface area contributed by atoms with Crippen LogP contribution in [0.3, 0.4) is 0 Å². The van der Waals surface area contributed by atoms with E-state index in [-0.39, 0.29) is 24.0 Å². The number of anilines is 1. The average Bonchev–Trinajstić information content (AvgIpc) is 2.62. The molecule has 0 saturated heterocycles. The lowest BCUT2D eigenvalue weighted by Gasteiger charge is -2.09. The predicted molar refractivity (Wildman–Crippen MR) is 115 cm³/mol. The second kappa shape index (κ2) is 11.7. The van der Waals surface area contributed by atoms with Crippen LogP contribution in [-0.4, -0.2) is 17.6 Å². The number of aryl methyl sites for hydroxylation is 1. The van der Waals surface area contributed by atoms with E-state index < -0.39 is 0 Å². The Morgan fingerprint density at radius 2 is 1.96 bits per heavy atom. The molecule has 25 heavy (non-hydrogen) atoms. The highest BCUT2D eigenvalue weighted by Gasteiger charge is 2.04. The molecule has 0 aliphatic carbocycles. The van der Waals surface area contributed by atoms with Crippen LogP contribution in [0.15, 0.2) is 47.6 Å². The zero-order valence-electron chi connectivity index (χ0n) is 14.9. The zero-order valence-corrected chi connectivity index (χ0v) is 17.2. The lowest BCUT2D eigenvalue weighted by atomic mass is 10.1. The van der Waals surface area contributed by atoms with Crippen molar-refractivity contribution in [2.45, 2.75) is 39.7 Å². The third-order valence-corrected chi connectivity index (χ3v) is 3.64. The average molecular weight is 454 g/mol. The lowest BCUT2D eigenvalue weighted by molar-refractivity contribution is 0.294. The lowest BCUT2D eigenvalue weighted by Crippen LogP contribution is -2.22. The van der Waals surface area contributed by atoms with Gasteiger partial charge in [-0.05, 0) is 36.6 Å². The van der Waals surface area contributed by atoms with E-state index >= 15 is 0 Å². The summed E-state index contributed by atoms with van der Waals surface area (Å²) >= 11 is 0. The molecule has 136 valence electrons. The van der Waals surface area contributed by atoms with Gasteiger partial charge in [-0.3, -0.25) is 0 Å². The van der Waals surface area contributed by atoms with Crippen molar-refractivity contribution in [1.82, 2.24) is 4.98 Å². The number of nitrogens with zero attached hydrogens (tertiary/aromatic N) is 2. The molecule has 6 heteroatoms. The molecule has 0 amide bonds. The van der Waals surface area contributed by atoms with Gasteiger partial charge in [0.2, 0.25) is 5.88 Å². The first kappa shape index (κ1) is 21.2. The van der Waals surface area contributed by atoms with Gasteiger partial charge in [0, 0.05) is 17.4 Å². The molecule has 5 nitrogen and oxygen atoms in total. The first-order valence-corrected chi connectivity index (χ1v) is 8.45. The Balaban J connectivity index is 0.00000312. The third-order valence-electron chi connectivity index (χ3n) is 3.64. The molecule has 2 rings (SSSR count). The molecular formula is C19H27IN4O. The number of aromatic nitrogens is 1. The van der Waals surface area contributed by atoms with Crippen LogP contribution in [0, 0.1) is 0 Å². The Kier molecular flexibility index (Phi) is 9.91. The van der Waals surface area contributed by atoms with E-state index in [9.17, 15) is 0 Å². The number of aliphatic imine (C=N–C) groups is 1. The fourth-order valence-corrected chi connectivity index (χ4v) is 2.17. The van der Waals surface area contributed by atoms with Crippen molar-refractivity contribution in [2.24, 2.45) is 10.7 Å². The number of guanidine groups is 1. The minimum atomic E-state index is 0. The highest BCUT2D eigenvalue weighted by Crippen LogP contribution is 2.16. The smallest absolute Gasteiger partial charge is 0.218 e. The number of unbranched alkanes of at least 4 members (excludes halogenated alkanes) is 1. The van der Waals surface area contributed by atoms with Crippen LogP contribution < -0.4 is 15.8 Å². The van der Waals surface area contributed by atoms with Gasteiger partial charge >= 0.3 is 0 Å². The number of nitrogens with one attached hydrogen (secondary N) is 1. The molecule has 2 aromatic rings. The number of benzene rings is 1. The third kappa shape index (κ3) is 7.29. The van der Waals surface area contributed by atoms with Gasteiger partial charge in [0.05, 0.1) is 13.2 Å². The fraction of sp³-hybridized carbons (Fsp3) is 0.368. The number of ether oxygens (including phenoxy) is 1. The molecule has 0 radical (unpaired) electrons. The molecule has 3 N–H and O–H groups in total. The van der Waals surface area contributed by atoms with Crippen LogP contribution in [0.5, 0.6) is 5.88 Å². The maximum absolute atomic E-state index is 5.97. The van der Waals surface area contributed by atoms with Crippen LogP contribution in [-0.2, 0) is 13.0 Å². The van der Waals surface area contributed by atoms with Gasteiger partial charge in [-0.15, -0.1) is 24.0 Å². The second-order valence-corrected chi connectivity index (χ2v) is 5.55. The Labute approximate surface area is 167 Å². The quantitative estimate of drug-likeness (QED) is 0.269. The largest absolute Gasteiger partial charge is 0.477 e. The summed E-state index contributed by atoms with van der Waals surface area (Å²) in [5, 5.41) is 3.10. The monoisotopic (exact) mass is 454 g/mol. The van der Waals surface area contributed by atoms with E-state index in [0.717, 1.165) is 30.5 Å². The highest BCUT2D eigenvalue weighted by atomic mass is 127. The molecule has 0 aliphatic rings. The van der Waals surface area contributed by atoms with E-state index in [0.29, 0.717) is 25.0 Å². The van der Waals surface area contributed by atoms with Gasteiger partial charge in [-0.2, -0.15) is 0 Å². The van der Waals surface area contributed by atoms with Gasteiger partial charge < -0.3 is 15.8 Å². The van der Waals surface area contributed by atoms with Crippen molar-refractivity contribution in [1.29, 1.82) is 0 Å². The first-order valence-electron chi connectivity index (χ1n) is 8.45. The molecule has 0 fully saturated rings. The molecule has 0 saturated carbocycles. The molecular weight excluding hydrogens is 427 g/mol. The summed E-state index contributed by atoms with van der Waals surface area (Å²) in [5.74, 6) is 1.01. The van der Waals surface area contributed by atoms with Gasteiger partial charge in [-0.1, -0.05) is 38.5 Å². The van der Waals surface area contributed by atoms with Crippen LogP contribution >= 0.6 is 24.0 Å². The summed E-state index contributed by atoms with van der Waals surface area (Å²) in [6.45, 7) is 5.36. The number of nitrogens with two attached hydrogens (primary N) is 1. The SMILES string of the molecule is CCCCOc1ncccc1CN=C(N)Nc1ccc(CC)cc1.I. The van der Waals surface area contributed by atoms with Crippen molar-refractivity contribution < 1.29 is 4.74 Å². The summed E-state index contributed by atoms with van der Waals surface area (Å²) < 4.78 is 5.71. The maximum Gasteiger partial charge on any atom is 0.218 e. The molecule has 0 spiro atoms. The number of rotatable bonds is 8. The predicted octanol–water partition coefficient (Wildman–Crippen LogP) is 4.37. The Bertz CT molecular complexity index is 659. The normalized spacial score (nSPS) is 10.9. The highest BCUT2D eigenvalue weighted by molar-refractivity contribution is 14.0. The Hall–Kier alpha value is -1.83. The molecule has 0 unspecified atom stereocenters. The summed E-state index contributed by atoms with van der Waals surface area (Å²) in [4.78, 5) is 8.66. The topological polar surface area (TPSA) is 72.5 Å². The van der Waals surface area contributed by atoms with Gasteiger partial charge in [-0.25, -0.2) is 9.98 Å².